The molecule has 0 aliphatic heterocycles. The Bertz CT molecular complexity index is 783. The van der Waals surface area contributed by atoms with Crippen molar-refractivity contribution < 1.29 is 13.9 Å². The maximum absolute atomic E-state index is 13.0. The van der Waals surface area contributed by atoms with E-state index >= 15 is 0 Å². The zero-order valence-corrected chi connectivity index (χ0v) is 11.1. The lowest BCUT2D eigenvalue weighted by molar-refractivity contribution is -0.118. The predicted octanol–water partition coefficient (Wildman–Crippen LogP) is 3.32. The average Bonchev–Trinajstić information content (AvgIpc) is 2.93. The normalized spacial score (nSPS) is 10.5. The summed E-state index contributed by atoms with van der Waals surface area (Å²) in [4.78, 5) is 14.9. The summed E-state index contributed by atoms with van der Waals surface area (Å²) in [6.45, 7) is -0.172. The fraction of sp³-hybridized carbons (Fsp3) is 0.0625. The van der Waals surface area contributed by atoms with Crippen LogP contribution < -0.4 is 10.1 Å². The summed E-state index contributed by atoms with van der Waals surface area (Å²) in [5, 5.41) is 3.75. The Morgan fingerprint density at radius 3 is 2.95 bits per heavy atom. The van der Waals surface area contributed by atoms with Crippen LogP contribution in [-0.4, -0.2) is 17.5 Å². The molecule has 0 saturated carbocycles. The number of aromatic nitrogens is 1. The molecule has 0 spiro atoms. The summed E-state index contributed by atoms with van der Waals surface area (Å²) < 4.78 is 18.2. The average molecular weight is 284 g/mol. The van der Waals surface area contributed by atoms with Gasteiger partial charge >= 0.3 is 0 Å². The Morgan fingerprint density at radius 2 is 2.10 bits per heavy atom. The fourth-order valence-corrected chi connectivity index (χ4v) is 2.03. The molecule has 0 bridgehead atoms. The van der Waals surface area contributed by atoms with Gasteiger partial charge in [0.1, 0.15) is 11.6 Å². The SMILES string of the molecule is O=C(COc1cccc(F)c1)Nc1ccc2[nH]ccc2c1. The Kier molecular flexibility index (Phi) is 3.55. The van der Waals surface area contributed by atoms with Crippen molar-refractivity contribution >= 4 is 22.5 Å². The summed E-state index contributed by atoms with van der Waals surface area (Å²) in [7, 11) is 0. The number of anilines is 1. The van der Waals surface area contributed by atoms with E-state index in [0.29, 0.717) is 11.4 Å². The molecule has 3 rings (SSSR count). The smallest absolute Gasteiger partial charge is 0.262 e. The van der Waals surface area contributed by atoms with Crippen LogP contribution in [0.2, 0.25) is 0 Å². The molecule has 1 aromatic heterocycles. The molecule has 3 aromatic rings. The number of rotatable bonds is 4. The van der Waals surface area contributed by atoms with Crippen LogP contribution in [0.5, 0.6) is 5.75 Å². The van der Waals surface area contributed by atoms with Crippen molar-refractivity contribution in [2.24, 2.45) is 0 Å². The maximum atomic E-state index is 13.0. The lowest BCUT2D eigenvalue weighted by atomic mass is 10.2. The standard InChI is InChI=1S/C16H13FN2O2/c17-12-2-1-3-14(9-12)21-10-16(20)19-13-4-5-15-11(8-13)6-7-18-15/h1-9,18H,10H2,(H,19,20). The van der Waals surface area contributed by atoms with Gasteiger partial charge in [0, 0.05) is 28.9 Å². The van der Waals surface area contributed by atoms with Crippen molar-refractivity contribution in [1.29, 1.82) is 0 Å². The Morgan fingerprint density at radius 1 is 1.19 bits per heavy atom. The van der Waals surface area contributed by atoms with Crippen LogP contribution in [0.3, 0.4) is 0 Å². The molecule has 5 heteroatoms. The first kappa shape index (κ1) is 13.2. The summed E-state index contributed by atoms with van der Waals surface area (Å²) in [5.41, 5.74) is 1.69. The highest BCUT2D eigenvalue weighted by Gasteiger charge is 2.05. The topological polar surface area (TPSA) is 54.1 Å². The quantitative estimate of drug-likeness (QED) is 0.772. The van der Waals surface area contributed by atoms with E-state index in [4.69, 9.17) is 4.74 Å². The number of aromatic amines is 1. The van der Waals surface area contributed by atoms with Gasteiger partial charge in [0.15, 0.2) is 6.61 Å². The van der Waals surface area contributed by atoms with Gasteiger partial charge < -0.3 is 15.0 Å². The lowest BCUT2D eigenvalue weighted by Gasteiger charge is -2.07. The molecule has 0 atom stereocenters. The van der Waals surface area contributed by atoms with Crippen molar-refractivity contribution in [3.05, 3.63) is 60.5 Å². The Hall–Kier alpha value is -2.82. The van der Waals surface area contributed by atoms with Crippen molar-refractivity contribution in [2.45, 2.75) is 0 Å². The summed E-state index contributed by atoms with van der Waals surface area (Å²) >= 11 is 0. The lowest BCUT2D eigenvalue weighted by Crippen LogP contribution is -2.20. The minimum absolute atomic E-state index is 0.172. The van der Waals surface area contributed by atoms with E-state index in [1.54, 1.807) is 12.1 Å². The number of halogens is 1. The largest absolute Gasteiger partial charge is 0.484 e. The number of benzene rings is 2. The van der Waals surface area contributed by atoms with Crippen molar-refractivity contribution in [2.75, 3.05) is 11.9 Å². The van der Waals surface area contributed by atoms with Gasteiger partial charge in [-0.25, -0.2) is 4.39 Å². The van der Waals surface area contributed by atoms with E-state index in [9.17, 15) is 9.18 Å². The molecule has 0 aliphatic carbocycles. The number of amides is 1. The minimum atomic E-state index is -0.397. The van der Waals surface area contributed by atoms with E-state index in [-0.39, 0.29) is 12.5 Å². The van der Waals surface area contributed by atoms with E-state index in [1.165, 1.54) is 18.2 Å². The van der Waals surface area contributed by atoms with Crippen molar-refractivity contribution in [1.82, 2.24) is 4.98 Å². The molecule has 0 unspecified atom stereocenters. The van der Waals surface area contributed by atoms with Gasteiger partial charge in [-0.05, 0) is 36.4 Å². The maximum Gasteiger partial charge on any atom is 0.262 e. The van der Waals surface area contributed by atoms with E-state index < -0.39 is 5.82 Å². The number of hydrogen-bond donors (Lipinski definition) is 2. The molecule has 0 fully saturated rings. The van der Waals surface area contributed by atoms with Crippen LogP contribution in [0.1, 0.15) is 0 Å². The van der Waals surface area contributed by atoms with Crippen LogP contribution in [-0.2, 0) is 4.79 Å². The van der Waals surface area contributed by atoms with E-state index in [1.807, 2.05) is 24.4 Å². The van der Waals surface area contributed by atoms with E-state index in [0.717, 1.165) is 10.9 Å². The second-order valence-electron chi connectivity index (χ2n) is 4.57. The van der Waals surface area contributed by atoms with Crippen LogP contribution >= 0.6 is 0 Å². The van der Waals surface area contributed by atoms with Crippen LogP contribution in [0.25, 0.3) is 10.9 Å². The van der Waals surface area contributed by atoms with Crippen LogP contribution in [0.4, 0.5) is 10.1 Å². The van der Waals surface area contributed by atoms with Crippen molar-refractivity contribution in [3.63, 3.8) is 0 Å². The molecule has 0 aliphatic rings. The molecule has 1 heterocycles. The van der Waals surface area contributed by atoms with Crippen LogP contribution in [0.15, 0.2) is 54.7 Å². The molecule has 0 radical (unpaired) electrons. The summed E-state index contributed by atoms with van der Waals surface area (Å²) in [6.07, 6.45) is 1.84. The third kappa shape index (κ3) is 3.20. The molecule has 4 nitrogen and oxygen atoms in total. The van der Waals surface area contributed by atoms with Gasteiger partial charge in [-0.3, -0.25) is 4.79 Å². The Balaban J connectivity index is 1.60. The zero-order valence-electron chi connectivity index (χ0n) is 11.1. The first-order valence-corrected chi connectivity index (χ1v) is 6.46. The second kappa shape index (κ2) is 5.66. The molecular formula is C16H13FN2O2. The first-order chi connectivity index (χ1) is 10.2. The third-order valence-corrected chi connectivity index (χ3v) is 3.00. The van der Waals surface area contributed by atoms with Gasteiger partial charge in [-0.15, -0.1) is 0 Å². The van der Waals surface area contributed by atoms with E-state index in [2.05, 4.69) is 10.3 Å². The highest BCUT2D eigenvalue weighted by atomic mass is 19.1. The molecule has 2 N–H and O–H groups in total. The zero-order chi connectivity index (χ0) is 14.7. The van der Waals surface area contributed by atoms with Crippen molar-refractivity contribution in [3.8, 4) is 5.75 Å². The minimum Gasteiger partial charge on any atom is -0.484 e. The highest BCUT2D eigenvalue weighted by molar-refractivity contribution is 5.94. The monoisotopic (exact) mass is 284 g/mol. The number of hydrogen-bond acceptors (Lipinski definition) is 2. The molecule has 0 saturated heterocycles. The number of nitrogens with one attached hydrogen (secondary N) is 2. The number of H-pyrrole nitrogens is 1. The second-order valence-corrected chi connectivity index (χ2v) is 4.57. The summed E-state index contributed by atoms with van der Waals surface area (Å²) in [5.74, 6) is -0.369. The summed E-state index contributed by atoms with van der Waals surface area (Å²) in [6, 6.07) is 13.2. The number of carbonyl (C=O) groups is 1. The number of ether oxygens (including phenoxy) is 1. The van der Waals surface area contributed by atoms with Gasteiger partial charge in [-0.1, -0.05) is 6.07 Å². The van der Waals surface area contributed by atoms with Gasteiger partial charge in [0.05, 0.1) is 0 Å². The first-order valence-electron chi connectivity index (χ1n) is 6.46. The van der Waals surface area contributed by atoms with Gasteiger partial charge in [0.25, 0.3) is 5.91 Å². The number of carbonyl (C=O) groups excluding carboxylic acids is 1. The predicted molar refractivity (Wildman–Crippen MR) is 78.8 cm³/mol. The fourth-order valence-electron chi connectivity index (χ4n) is 2.03. The molecule has 2 aromatic carbocycles. The Labute approximate surface area is 120 Å². The molecule has 1 amide bonds. The molecule has 21 heavy (non-hydrogen) atoms. The van der Waals surface area contributed by atoms with Crippen LogP contribution in [0, 0.1) is 5.82 Å². The van der Waals surface area contributed by atoms with Gasteiger partial charge in [0.2, 0.25) is 0 Å². The molecule has 106 valence electrons. The van der Waals surface area contributed by atoms with Gasteiger partial charge in [-0.2, -0.15) is 0 Å². The molecular weight excluding hydrogens is 271 g/mol. The highest BCUT2D eigenvalue weighted by Crippen LogP contribution is 2.18. The third-order valence-electron chi connectivity index (χ3n) is 3.00. The number of fused-ring (bicyclic) bond motifs is 1.